The third-order valence-corrected chi connectivity index (χ3v) is 11.2. The fraction of sp³-hybridized carbons (Fsp3) is 0.852. The predicted octanol–water partition coefficient (Wildman–Crippen LogP) is 4.60. The van der Waals surface area contributed by atoms with Gasteiger partial charge in [-0.3, -0.25) is 0 Å². The van der Waals surface area contributed by atoms with Crippen molar-refractivity contribution in [2.24, 2.45) is 40.4 Å². The first-order valence-electron chi connectivity index (χ1n) is 12.7. The van der Waals surface area contributed by atoms with Gasteiger partial charge >= 0.3 is 0 Å². The van der Waals surface area contributed by atoms with E-state index >= 15 is 0 Å². The first-order valence-corrected chi connectivity index (χ1v) is 12.7. The quantitative estimate of drug-likeness (QED) is 0.554. The SMILES string of the molecule is C=C1CC[C@]2(OC1)O[C@H]1C[C@H]3[C@@H]4CC=C5C[C@H](O)C[C@@H](O)[C@]5(C)[C@H]4CC[C@]3(C)[C@H]1[C@@H]2C. The van der Waals surface area contributed by atoms with Gasteiger partial charge in [0.1, 0.15) is 0 Å². The minimum atomic E-state index is -0.428. The second kappa shape index (κ2) is 6.68. The Balaban J connectivity index is 1.30. The lowest BCUT2D eigenvalue weighted by molar-refractivity contribution is -0.255. The van der Waals surface area contributed by atoms with Crippen LogP contribution in [0.15, 0.2) is 23.8 Å². The van der Waals surface area contributed by atoms with E-state index in [2.05, 4.69) is 33.4 Å². The van der Waals surface area contributed by atoms with Crippen LogP contribution in [0.25, 0.3) is 0 Å². The van der Waals surface area contributed by atoms with Crippen molar-refractivity contribution in [3.63, 3.8) is 0 Å². The summed E-state index contributed by atoms with van der Waals surface area (Å²) in [5.41, 5.74) is 2.63. The van der Waals surface area contributed by atoms with Gasteiger partial charge in [-0.15, -0.1) is 0 Å². The van der Waals surface area contributed by atoms with Crippen molar-refractivity contribution < 1.29 is 19.7 Å². The summed E-state index contributed by atoms with van der Waals surface area (Å²) in [6.45, 7) is 12.0. The highest BCUT2D eigenvalue weighted by Gasteiger charge is 2.69. The van der Waals surface area contributed by atoms with Crippen LogP contribution in [0.2, 0.25) is 0 Å². The Hall–Kier alpha value is -0.680. The van der Waals surface area contributed by atoms with Crippen molar-refractivity contribution >= 4 is 0 Å². The highest BCUT2D eigenvalue weighted by atomic mass is 16.7. The molecular formula is C27H40O4. The molecule has 172 valence electrons. The number of aliphatic hydroxyl groups excluding tert-OH is 2. The summed E-state index contributed by atoms with van der Waals surface area (Å²) in [6, 6.07) is 0. The Bertz CT molecular complexity index is 808. The molecule has 4 heteroatoms. The Kier molecular flexibility index (Phi) is 4.50. The minimum Gasteiger partial charge on any atom is -0.393 e. The van der Waals surface area contributed by atoms with Gasteiger partial charge in [-0.1, -0.05) is 44.6 Å². The summed E-state index contributed by atoms with van der Waals surface area (Å²) in [4.78, 5) is 0. The Morgan fingerprint density at radius 1 is 1.13 bits per heavy atom. The van der Waals surface area contributed by atoms with E-state index in [1.165, 1.54) is 24.0 Å². The molecule has 6 aliphatic rings. The van der Waals surface area contributed by atoms with E-state index in [0.29, 0.717) is 48.7 Å². The van der Waals surface area contributed by atoms with E-state index in [9.17, 15) is 10.2 Å². The maximum Gasteiger partial charge on any atom is 0.172 e. The zero-order chi connectivity index (χ0) is 21.8. The van der Waals surface area contributed by atoms with Crippen LogP contribution >= 0.6 is 0 Å². The van der Waals surface area contributed by atoms with Gasteiger partial charge in [0.2, 0.25) is 0 Å². The second-order valence-electron chi connectivity index (χ2n) is 12.3. The fourth-order valence-electron chi connectivity index (χ4n) is 9.55. The molecule has 4 nitrogen and oxygen atoms in total. The third kappa shape index (κ3) is 2.62. The van der Waals surface area contributed by atoms with Crippen LogP contribution in [0.1, 0.15) is 72.1 Å². The van der Waals surface area contributed by atoms with Crippen LogP contribution in [0.5, 0.6) is 0 Å². The van der Waals surface area contributed by atoms with E-state index in [1.54, 1.807) is 0 Å². The Labute approximate surface area is 187 Å². The summed E-state index contributed by atoms with van der Waals surface area (Å²) < 4.78 is 13.2. The molecule has 2 saturated heterocycles. The van der Waals surface area contributed by atoms with Gasteiger partial charge in [-0.25, -0.2) is 0 Å². The van der Waals surface area contributed by atoms with Gasteiger partial charge in [0.15, 0.2) is 5.79 Å². The number of aliphatic hydroxyl groups is 2. The number of ether oxygens (including phenoxy) is 2. The maximum absolute atomic E-state index is 11.1. The van der Waals surface area contributed by atoms with Gasteiger partial charge in [0.05, 0.1) is 24.9 Å². The molecule has 5 fully saturated rings. The Morgan fingerprint density at radius 2 is 1.94 bits per heavy atom. The molecule has 2 heterocycles. The van der Waals surface area contributed by atoms with Crippen LogP contribution in [-0.4, -0.2) is 40.9 Å². The molecule has 0 radical (unpaired) electrons. The zero-order valence-electron chi connectivity index (χ0n) is 19.5. The summed E-state index contributed by atoms with van der Waals surface area (Å²) in [5, 5.41) is 21.4. The first-order chi connectivity index (χ1) is 14.7. The number of rotatable bonds is 0. The number of hydrogen-bond donors (Lipinski definition) is 2. The number of hydrogen-bond acceptors (Lipinski definition) is 4. The van der Waals surface area contributed by atoms with Gasteiger partial charge in [0.25, 0.3) is 0 Å². The standard InChI is InChI=1S/C27H40O4/c1-15-7-10-27(30-14-15)16(2)24-22(31-27)13-21-19-6-5-17-11-18(28)12-23(29)26(17,4)20(19)8-9-25(21,24)3/h5,16,18-24,28-29H,1,6-14H2,2-4H3/t16-,18-,19+,20-,21-,22-,23+,24-,25-,26-,27-/m0/s1. The van der Waals surface area contributed by atoms with Crippen LogP contribution < -0.4 is 0 Å². The molecule has 31 heavy (non-hydrogen) atoms. The smallest absolute Gasteiger partial charge is 0.172 e. The predicted molar refractivity (Wildman–Crippen MR) is 119 cm³/mol. The molecule has 0 unspecified atom stereocenters. The third-order valence-electron chi connectivity index (χ3n) is 11.2. The van der Waals surface area contributed by atoms with Crippen molar-refractivity contribution in [3.05, 3.63) is 23.8 Å². The second-order valence-corrected chi connectivity index (χ2v) is 12.3. The van der Waals surface area contributed by atoms with Crippen molar-refractivity contribution in [2.75, 3.05) is 6.61 Å². The van der Waals surface area contributed by atoms with E-state index in [0.717, 1.165) is 32.1 Å². The van der Waals surface area contributed by atoms with Crippen molar-refractivity contribution in [3.8, 4) is 0 Å². The van der Waals surface area contributed by atoms with Gasteiger partial charge in [-0.05, 0) is 67.6 Å². The molecule has 0 aromatic rings. The van der Waals surface area contributed by atoms with Crippen molar-refractivity contribution in [1.29, 1.82) is 0 Å². The largest absolute Gasteiger partial charge is 0.393 e. The normalized spacial score (nSPS) is 58.4. The van der Waals surface area contributed by atoms with E-state index < -0.39 is 11.9 Å². The summed E-state index contributed by atoms with van der Waals surface area (Å²) in [6.07, 6.45) is 9.75. The molecule has 6 rings (SSSR count). The lowest BCUT2D eigenvalue weighted by Crippen LogP contribution is -2.56. The molecule has 0 bridgehead atoms. The highest BCUT2D eigenvalue weighted by Crippen LogP contribution is 2.70. The molecule has 0 amide bonds. The summed E-state index contributed by atoms with van der Waals surface area (Å²) >= 11 is 0. The lowest BCUT2D eigenvalue weighted by Gasteiger charge is -2.59. The van der Waals surface area contributed by atoms with Crippen LogP contribution in [0.4, 0.5) is 0 Å². The molecule has 2 aliphatic heterocycles. The van der Waals surface area contributed by atoms with E-state index in [-0.39, 0.29) is 16.9 Å². The molecule has 0 aromatic carbocycles. The van der Waals surface area contributed by atoms with E-state index in [1.807, 2.05) is 0 Å². The zero-order valence-corrected chi connectivity index (χ0v) is 19.5. The lowest BCUT2D eigenvalue weighted by atomic mass is 9.46. The molecule has 3 saturated carbocycles. The molecule has 1 spiro atoms. The molecule has 2 N–H and O–H groups in total. The molecular weight excluding hydrogens is 388 g/mol. The van der Waals surface area contributed by atoms with Crippen molar-refractivity contribution in [2.45, 2.75) is 96.2 Å². The van der Waals surface area contributed by atoms with Crippen LogP contribution in [-0.2, 0) is 9.47 Å². The molecule has 0 aromatic heterocycles. The summed E-state index contributed by atoms with van der Waals surface area (Å²) in [7, 11) is 0. The van der Waals surface area contributed by atoms with E-state index in [4.69, 9.17) is 9.47 Å². The monoisotopic (exact) mass is 428 g/mol. The van der Waals surface area contributed by atoms with Gasteiger partial charge in [-0.2, -0.15) is 0 Å². The topological polar surface area (TPSA) is 58.9 Å². The number of fused-ring (bicyclic) bond motifs is 7. The molecule has 4 aliphatic carbocycles. The highest BCUT2D eigenvalue weighted by molar-refractivity contribution is 5.28. The maximum atomic E-state index is 11.1. The van der Waals surface area contributed by atoms with Gasteiger partial charge < -0.3 is 19.7 Å². The molecule has 11 atom stereocenters. The van der Waals surface area contributed by atoms with Crippen LogP contribution in [0, 0.1) is 40.4 Å². The van der Waals surface area contributed by atoms with Crippen LogP contribution in [0.3, 0.4) is 0 Å². The van der Waals surface area contributed by atoms with Crippen molar-refractivity contribution in [1.82, 2.24) is 0 Å². The average molecular weight is 429 g/mol. The van der Waals surface area contributed by atoms with Gasteiger partial charge in [0, 0.05) is 24.2 Å². The summed E-state index contributed by atoms with van der Waals surface area (Å²) in [5.74, 6) is 2.35. The minimum absolute atomic E-state index is 0.165. The first kappa shape index (κ1) is 20.9. The Morgan fingerprint density at radius 3 is 2.68 bits per heavy atom. The average Bonchev–Trinajstić information content (AvgIpc) is 3.16. The fourth-order valence-corrected chi connectivity index (χ4v) is 9.55. The number of allylic oxidation sites excluding steroid dienone is 1.